The molecular weight excluding hydrogens is 192 g/mol. The van der Waals surface area contributed by atoms with E-state index >= 15 is 0 Å². The summed E-state index contributed by atoms with van der Waals surface area (Å²) in [6, 6.07) is 0. The molecule has 0 nitrogen and oxygen atoms in total. The van der Waals surface area contributed by atoms with Gasteiger partial charge in [0.05, 0.1) is 0 Å². The second-order valence-corrected chi connectivity index (χ2v) is 3.91. The van der Waals surface area contributed by atoms with E-state index in [2.05, 4.69) is 13.5 Å². The highest BCUT2D eigenvalue weighted by Gasteiger charge is 1.90. The summed E-state index contributed by atoms with van der Waals surface area (Å²) >= 11 is 0. The molecule has 0 unspecified atom stereocenters. The molecule has 0 fully saturated rings. The zero-order chi connectivity index (χ0) is 9.78. The molecule has 0 amide bonds. The van der Waals surface area contributed by atoms with E-state index in [1.807, 2.05) is 6.08 Å². The van der Waals surface area contributed by atoms with Gasteiger partial charge in [0.15, 0.2) is 0 Å². The molecule has 0 spiro atoms. The van der Waals surface area contributed by atoms with Crippen LogP contribution in [-0.2, 0) is 0 Å². The van der Waals surface area contributed by atoms with Crippen LogP contribution in [0.1, 0.15) is 71.1 Å². The van der Waals surface area contributed by atoms with E-state index in [9.17, 15) is 0 Å². The molecular formula is C13H27Cl. The van der Waals surface area contributed by atoms with Crippen LogP contribution in [-0.4, -0.2) is 0 Å². The Morgan fingerprint density at radius 3 is 1.64 bits per heavy atom. The second-order valence-electron chi connectivity index (χ2n) is 3.91. The van der Waals surface area contributed by atoms with Crippen molar-refractivity contribution in [2.24, 2.45) is 0 Å². The molecule has 0 heterocycles. The summed E-state index contributed by atoms with van der Waals surface area (Å²) in [6.07, 6.45) is 16.0. The zero-order valence-electron chi connectivity index (χ0n) is 9.76. The molecule has 0 radical (unpaired) electrons. The molecule has 0 aromatic heterocycles. The van der Waals surface area contributed by atoms with Gasteiger partial charge in [0.1, 0.15) is 0 Å². The zero-order valence-corrected chi connectivity index (χ0v) is 10.6. The third-order valence-electron chi connectivity index (χ3n) is 2.51. The molecule has 0 rings (SSSR count). The third-order valence-corrected chi connectivity index (χ3v) is 2.51. The quantitative estimate of drug-likeness (QED) is 0.335. The van der Waals surface area contributed by atoms with Crippen molar-refractivity contribution in [1.82, 2.24) is 0 Å². The molecule has 0 aromatic carbocycles. The van der Waals surface area contributed by atoms with Gasteiger partial charge in [0, 0.05) is 0 Å². The molecule has 0 bridgehead atoms. The van der Waals surface area contributed by atoms with E-state index in [0.29, 0.717) is 0 Å². The van der Waals surface area contributed by atoms with E-state index in [4.69, 9.17) is 0 Å². The first-order valence-corrected chi connectivity index (χ1v) is 6.02. The van der Waals surface area contributed by atoms with Crippen LogP contribution in [0.15, 0.2) is 12.7 Å². The maximum absolute atomic E-state index is 3.73. The molecule has 0 saturated carbocycles. The fourth-order valence-electron chi connectivity index (χ4n) is 1.60. The van der Waals surface area contributed by atoms with Crippen LogP contribution in [0.2, 0.25) is 0 Å². The van der Waals surface area contributed by atoms with Gasteiger partial charge in [-0.15, -0.1) is 19.0 Å². The van der Waals surface area contributed by atoms with E-state index < -0.39 is 0 Å². The van der Waals surface area contributed by atoms with Crippen LogP contribution in [0.4, 0.5) is 0 Å². The monoisotopic (exact) mass is 218 g/mol. The molecule has 0 atom stereocenters. The molecule has 86 valence electrons. The number of rotatable bonds is 10. The van der Waals surface area contributed by atoms with E-state index in [1.165, 1.54) is 64.2 Å². The topological polar surface area (TPSA) is 0 Å². The first-order valence-electron chi connectivity index (χ1n) is 6.02. The number of halogens is 1. The largest absolute Gasteiger partial charge is 0.147 e. The molecule has 1 heteroatoms. The summed E-state index contributed by atoms with van der Waals surface area (Å²) < 4.78 is 0. The fourth-order valence-corrected chi connectivity index (χ4v) is 1.60. The summed E-state index contributed by atoms with van der Waals surface area (Å²) in [4.78, 5) is 0. The van der Waals surface area contributed by atoms with Gasteiger partial charge < -0.3 is 0 Å². The predicted octanol–water partition coefficient (Wildman–Crippen LogP) is 5.52. The van der Waals surface area contributed by atoms with Gasteiger partial charge >= 0.3 is 0 Å². The van der Waals surface area contributed by atoms with Crippen LogP contribution < -0.4 is 0 Å². The van der Waals surface area contributed by atoms with Gasteiger partial charge in [-0.25, -0.2) is 0 Å². The van der Waals surface area contributed by atoms with Gasteiger partial charge in [0.2, 0.25) is 0 Å². The lowest BCUT2D eigenvalue weighted by Crippen LogP contribution is -1.80. The number of hydrogen-bond donors (Lipinski definition) is 0. The predicted molar refractivity (Wildman–Crippen MR) is 69.3 cm³/mol. The fraction of sp³-hybridized carbons (Fsp3) is 0.846. The van der Waals surface area contributed by atoms with Gasteiger partial charge in [-0.05, 0) is 12.8 Å². The van der Waals surface area contributed by atoms with Crippen LogP contribution >= 0.6 is 12.4 Å². The minimum atomic E-state index is 0. The highest BCUT2D eigenvalue weighted by atomic mass is 35.5. The number of hydrogen-bond acceptors (Lipinski definition) is 0. The number of unbranched alkanes of at least 4 members (excludes halogenated alkanes) is 9. The van der Waals surface area contributed by atoms with Crippen molar-refractivity contribution in [1.29, 1.82) is 0 Å². The van der Waals surface area contributed by atoms with E-state index in [-0.39, 0.29) is 12.4 Å². The first kappa shape index (κ1) is 16.5. The Balaban J connectivity index is 0. The van der Waals surface area contributed by atoms with Crippen molar-refractivity contribution in [2.45, 2.75) is 71.1 Å². The van der Waals surface area contributed by atoms with Crippen LogP contribution in [0.3, 0.4) is 0 Å². The van der Waals surface area contributed by atoms with Crippen LogP contribution in [0, 0.1) is 0 Å². The summed E-state index contributed by atoms with van der Waals surface area (Å²) in [7, 11) is 0. The molecule has 0 saturated heterocycles. The molecule has 14 heavy (non-hydrogen) atoms. The first-order chi connectivity index (χ1) is 6.41. The Bertz CT molecular complexity index is 99.4. The van der Waals surface area contributed by atoms with Gasteiger partial charge in [0.25, 0.3) is 0 Å². The van der Waals surface area contributed by atoms with Crippen LogP contribution in [0.5, 0.6) is 0 Å². The normalized spacial score (nSPS) is 9.50. The number of allylic oxidation sites excluding steroid dienone is 1. The lowest BCUT2D eigenvalue weighted by Gasteiger charge is -2.00. The third kappa shape index (κ3) is 14.5. The Labute approximate surface area is 96.6 Å². The summed E-state index contributed by atoms with van der Waals surface area (Å²) in [5.74, 6) is 0. The van der Waals surface area contributed by atoms with Crippen molar-refractivity contribution >= 4 is 12.4 Å². The van der Waals surface area contributed by atoms with Crippen molar-refractivity contribution in [3.05, 3.63) is 12.7 Å². The SMILES string of the molecule is C=CCCCCCCCCCCC.Cl. The standard InChI is InChI=1S/C13H26.ClH/c1-3-5-7-9-11-13-12-10-8-6-4-2;/h3H,1,4-13H2,2H3;1H. The van der Waals surface area contributed by atoms with Crippen molar-refractivity contribution < 1.29 is 0 Å². The Hall–Kier alpha value is 0.0300. The smallest absolute Gasteiger partial charge is 0.0353 e. The lowest BCUT2D eigenvalue weighted by atomic mass is 10.1. The second kappa shape index (κ2) is 15.5. The maximum Gasteiger partial charge on any atom is -0.0353 e. The maximum atomic E-state index is 3.73. The van der Waals surface area contributed by atoms with Crippen molar-refractivity contribution in [3.8, 4) is 0 Å². The van der Waals surface area contributed by atoms with E-state index in [1.54, 1.807) is 0 Å². The lowest BCUT2D eigenvalue weighted by molar-refractivity contribution is 0.566. The Morgan fingerprint density at radius 2 is 1.21 bits per heavy atom. The molecule has 0 aromatic rings. The summed E-state index contributed by atoms with van der Waals surface area (Å²) in [6.45, 7) is 6.00. The van der Waals surface area contributed by atoms with Crippen LogP contribution in [0.25, 0.3) is 0 Å². The molecule has 0 N–H and O–H groups in total. The Morgan fingerprint density at radius 1 is 0.786 bits per heavy atom. The molecule has 0 aliphatic carbocycles. The average Bonchev–Trinajstić information content (AvgIpc) is 2.16. The van der Waals surface area contributed by atoms with Gasteiger partial charge in [-0.3, -0.25) is 0 Å². The van der Waals surface area contributed by atoms with E-state index in [0.717, 1.165) is 0 Å². The highest BCUT2D eigenvalue weighted by molar-refractivity contribution is 5.85. The van der Waals surface area contributed by atoms with Crippen molar-refractivity contribution in [3.63, 3.8) is 0 Å². The molecule has 0 aliphatic rings. The minimum Gasteiger partial charge on any atom is -0.147 e. The van der Waals surface area contributed by atoms with Crippen molar-refractivity contribution in [2.75, 3.05) is 0 Å². The molecule has 0 aliphatic heterocycles. The van der Waals surface area contributed by atoms with Gasteiger partial charge in [-0.1, -0.05) is 64.4 Å². The highest BCUT2D eigenvalue weighted by Crippen LogP contribution is 2.10. The average molecular weight is 219 g/mol. The minimum absolute atomic E-state index is 0. The van der Waals surface area contributed by atoms with Gasteiger partial charge in [-0.2, -0.15) is 0 Å². The summed E-state index contributed by atoms with van der Waals surface area (Å²) in [5.41, 5.74) is 0. The summed E-state index contributed by atoms with van der Waals surface area (Å²) in [5, 5.41) is 0. The Kier molecular flexibility index (Phi) is 18.2.